The fourth-order valence-electron chi connectivity index (χ4n) is 2.67. The van der Waals surface area contributed by atoms with Gasteiger partial charge in [-0.3, -0.25) is 14.6 Å². The van der Waals surface area contributed by atoms with Gasteiger partial charge in [0.05, 0.1) is 12.8 Å². The summed E-state index contributed by atoms with van der Waals surface area (Å²) in [5.74, 6) is 1.31. The largest absolute Gasteiger partial charge is 0.497 e. The van der Waals surface area contributed by atoms with Crippen LogP contribution in [-0.2, 0) is 12.8 Å². The van der Waals surface area contributed by atoms with Gasteiger partial charge in [-0.05, 0) is 49.4 Å². The minimum Gasteiger partial charge on any atom is -0.497 e. The normalized spacial score (nSPS) is 11.1. The average molecular weight is 302 g/mol. The first-order chi connectivity index (χ1) is 10.6. The summed E-state index contributed by atoms with van der Waals surface area (Å²) < 4.78 is 7.14. The van der Waals surface area contributed by atoms with E-state index >= 15 is 0 Å². The standard InChI is InChI=1S/C18H26N2O2/c1-5-6-7-16-17(12-13(2)3)20(19-18(16)21)14-8-10-15(22-4)11-9-14/h8-11,13H,5-7,12H2,1-4H3,(H,19,21). The molecule has 0 saturated heterocycles. The number of hydrogen-bond donors (Lipinski definition) is 1. The Kier molecular flexibility index (Phi) is 5.47. The lowest BCUT2D eigenvalue weighted by Crippen LogP contribution is -2.08. The summed E-state index contributed by atoms with van der Waals surface area (Å²) in [4.78, 5) is 12.3. The number of hydrogen-bond acceptors (Lipinski definition) is 2. The summed E-state index contributed by atoms with van der Waals surface area (Å²) in [5, 5.41) is 3.00. The smallest absolute Gasteiger partial charge is 0.267 e. The Morgan fingerprint density at radius 2 is 1.91 bits per heavy atom. The van der Waals surface area contributed by atoms with Gasteiger partial charge in [0.15, 0.2) is 0 Å². The van der Waals surface area contributed by atoms with Gasteiger partial charge in [0.2, 0.25) is 0 Å². The minimum absolute atomic E-state index is 0.0416. The zero-order valence-electron chi connectivity index (χ0n) is 14.0. The molecular weight excluding hydrogens is 276 g/mol. The van der Waals surface area contributed by atoms with Crippen LogP contribution in [0.4, 0.5) is 0 Å². The molecule has 0 amide bonds. The Morgan fingerprint density at radius 1 is 1.23 bits per heavy atom. The number of aromatic amines is 1. The van der Waals surface area contributed by atoms with Gasteiger partial charge in [0.25, 0.3) is 5.56 Å². The van der Waals surface area contributed by atoms with Crippen LogP contribution in [0, 0.1) is 5.92 Å². The number of methoxy groups -OCH3 is 1. The van der Waals surface area contributed by atoms with Crippen LogP contribution in [0.25, 0.3) is 5.69 Å². The number of H-pyrrole nitrogens is 1. The van der Waals surface area contributed by atoms with Gasteiger partial charge in [0.1, 0.15) is 5.75 Å². The maximum absolute atomic E-state index is 12.3. The van der Waals surface area contributed by atoms with Gasteiger partial charge < -0.3 is 4.74 Å². The van der Waals surface area contributed by atoms with Crippen molar-refractivity contribution in [3.63, 3.8) is 0 Å². The fraction of sp³-hybridized carbons (Fsp3) is 0.500. The van der Waals surface area contributed by atoms with E-state index in [0.717, 1.165) is 48.4 Å². The molecule has 0 aliphatic rings. The first-order valence-corrected chi connectivity index (χ1v) is 8.04. The average Bonchev–Trinajstić information content (AvgIpc) is 2.81. The quantitative estimate of drug-likeness (QED) is 0.847. The lowest BCUT2D eigenvalue weighted by molar-refractivity contribution is 0.414. The molecule has 0 saturated carbocycles. The molecule has 4 heteroatoms. The van der Waals surface area contributed by atoms with E-state index in [1.165, 1.54) is 0 Å². The van der Waals surface area contributed by atoms with Crippen LogP contribution in [0.2, 0.25) is 0 Å². The summed E-state index contributed by atoms with van der Waals surface area (Å²) in [6.07, 6.45) is 3.87. The van der Waals surface area contributed by atoms with Crippen molar-refractivity contribution in [2.45, 2.75) is 46.5 Å². The third kappa shape index (κ3) is 3.62. The highest BCUT2D eigenvalue weighted by Crippen LogP contribution is 2.20. The number of ether oxygens (including phenoxy) is 1. The minimum atomic E-state index is 0.0416. The molecule has 2 aromatic rings. The van der Waals surface area contributed by atoms with E-state index in [2.05, 4.69) is 25.9 Å². The molecule has 0 fully saturated rings. The summed E-state index contributed by atoms with van der Waals surface area (Å²) in [5.41, 5.74) is 3.06. The van der Waals surface area contributed by atoms with Crippen molar-refractivity contribution in [3.05, 3.63) is 45.9 Å². The lowest BCUT2D eigenvalue weighted by Gasteiger charge is -2.12. The van der Waals surface area contributed by atoms with E-state index in [1.54, 1.807) is 7.11 Å². The molecule has 120 valence electrons. The maximum Gasteiger partial charge on any atom is 0.267 e. The molecule has 1 heterocycles. The predicted octanol–water partition coefficient (Wildman–Crippen LogP) is 3.72. The van der Waals surface area contributed by atoms with E-state index in [-0.39, 0.29) is 5.56 Å². The number of unbranched alkanes of at least 4 members (excludes halogenated alkanes) is 1. The highest BCUT2D eigenvalue weighted by molar-refractivity contribution is 5.39. The molecule has 0 bridgehead atoms. The second-order valence-electron chi connectivity index (χ2n) is 6.10. The number of benzene rings is 1. The van der Waals surface area contributed by atoms with Crippen molar-refractivity contribution in [3.8, 4) is 11.4 Å². The van der Waals surface area contributed by atoms with Crippen LogP contribution >= 0.6 is 0 Å². The first kappa shape index (κ1) is 16.4. The number of nitrogens with one attached hydrogen (secondary N) is 1. The van der Waals surface area contributed by atoms with Gasteiger partial charge in [0, 0.05) is 11.3 Å². The topological polar surface area (TPSA) is 47.0 Å². The van der Waals surface area contributed by atoms with Crippen molar-refractivity contribution in [2.24, 2.45) is 5.92 Å². The number of rotatable bonds is 7. The SMILES string of the molecule is CCCCc1c(CC(C)C)n(-c2ccc(OC)cc2)[nH]c1=O. The number of nitrogens with zero attached hydrogens (tertiary/aromatic N) is 1. The molecule has 1 N–H and O–H groups in total. The lowest BCUT2D eigenvalue weighted by atomic mass is 10.0. The van der Waals surface area contributed by atoms with Crippen LogP contribution in [0.3, 0.4) is 0 Å². The van der Waals surface area contributed by atoms with E-state index in [9.17, 15) is 4.79 Å². The van der Waals surface area contributed by atoms with Crippen molar-refractivity contribution < 1.29 is 4.74 Å². The molecule has 0 radical (unpaired) electrons. The molecule has 0 unspecified atom stereocenters. The van der Waals surface area contributed by atoms with Crippen LogP contribution in [-0.4, -0.2) is 16.9 Å². The van der Waals surface area contributed by atoms with Crippen LogP contribution in [0.5, 0.6) is 5.75 Å². The monoisotopic (exact) mass is 302 g/mol. The first-order valence-electron chi connectivity index (χ1n) is 8.04. The van der Waals surface area contributed by atoms with Crippen molar-refractivity contribution >= 4 is 0 Å². The third-order valence-corrected chi connectivity index (χ3v) is 3.82. The molecule has 2 rings (SSSR count). The van der Waals surface area contributed by atoms with Gasteiger partial charge in [-0.15, -0.1) is 0 Å². The second-order valence-corrected chi connectivity index (χ2v) is 6.10. The summed E-state index contributed by atoms with van der Waals surface area (Å²) in [7, 11) is 1.65. The molecule has 0 spiro atoms. The molecule has 0 aliphatic carbocycles. The molecular formula is C18H26N2O2. The van der Waals surface area contributed by atoms with E-state index in [1.807, 2.05) is 28.9 Å². The summed E-state index contributed by atoms with van der Waals surface area (Å²) in [6.45, 7) is 6.51. The molecule has 0 aliphatic heterocycles. The predicted molar refractivity (Wildman–Crippen MR) is 90.1 cm³/mol. The van der Waals surface area contributed by atoms with Crippen molar-refractivity contribution in [1.82, 2.24) is 9.78 Å². The van der Waals surface area contributed by atoms with E-state index in [0.29, 0.717) is 5.92 Å². The summed E-state index contributed by atoms with van der Waals surface area (Å²) in [6, 6.07) is 7.78. The Balaban J connectivity index is 2.46. The van der Waals surface area contributed by atoms with E-state index in [4.69, 9.17) is 4.74 Å². The summed E-state index contributed by atoms with van der Waals surface area (Å²) >= 11 is 0. The Hall–Kier alpha value is -1.97. The zero-order valence-corrected chi connectivity index (χ0v) is 14.0. The highest BCUT2D eigenvalue weighted by Gasteiger charge is 2.16. The molecule has 1 aromatic heterocycles. The van der Waals surface area contributed by atoms with Gasteiger partial charge in [-0.25, -0.2) is 0 Å². The van der Waals surface area contributed by atoms with Gasteiger partial charge in [-0.2, -0.15) is 0 Å². The second kappa shape index (κ2) is 7.34. The zero-order chi connectivity index (χ0) is 16.1. The molecule has 22 heavy (non-hydrogen) atoms. The van der Waals surface area contributed by atoms with Gasteiger partial charge in [-0.1, -0.05) is 27.2 Å². The molecule has 0 atom stereocenters. The molecule has 1 aromatic carbocycles. The van der Waals surface area contributed by atoms with Crippen LogP contribution in [0.15, 0.2) is 29.1 Å². The highest BCUT2D eigenvalue weighted by atomic mass is 16.5. The van der Waals surface area contributed by atoms with Crippen LogP contribution < -0.4 is 10.3 Å². The Labute approximate surface area is 132 Å². The van der Waals surface area contributed by atoms with Crippen molar-refractivity contribution in [1.29, 1.82) is 0 Å². The maximum atomic E-state index is 12.3. The van der Waals surface area contributed by atoms with E-state index < -0.39 is 0 Å². The Bertz CT molecular complexity index is 651. The Morgan fingerprint density at radius 3 is 2.45 bits per heavy atom. The number of aromatic nitrogens is 2. The van der Waals surface area contributed by atoms with Crippen molar-refractivity contribution in [2.75, 3.05) is 7.11 Å². The van der Waals surface area contributed by atoms with Crippen LogP contribution in [0.1, 0.15) is 44.9 Å². The fourth-order valence-corrected chi connectivity index (χ4v) is 2.67. The van der Waals surface area contributed by atoms with Gasteiger partial charge >= 0.3 is 0 Å². The third-order valence-electron chi connectivity index (χ3n) is 3.82. The molecule has 4 nitrogen and oxygen atoms in total.